The zero-order valence-electron chi connectivity index (χ0n) is 13.0. The molecular formula is C17H19ClN2O2S. The fourth-order valence-electron chi connectivity index (χ4n) is 2.89. The van der Waals surface area contributed by atoms with Crippen molar-refractivity contribution >= 4 is 29.2 Å². The SMILES string of the molecule is Cc1nc(-c2sc(Cl)cc2/C=N/O)ccc1OC1CCCCC1. The van der Waals surface area contributed by atoms with E-state index >= 15 is 0 Å². The van der Waals surface area contributed by atoms with Crippen LogP contribution < -0.4 is 4.74 Å². The molecule has 0 aromatic carbocycles. The highest BCUT2D eigenvalue weighted by atomic mass is 35.5. The lowest BCUT2D eigenvalue weighted by molar-refractivity contribution is 0.153. The summed E-state index contributed by atoms with van der Waals surface area (Å²) in [5, 5.41) is 11.9. The Kier molecular flexibility index (Phi) is 5.18. The van der Waals surface area contributed by atoms with E-state index in [4.69, 9.17) is 21.5 Å². The molecule has 0 bridgehead atoms. The van der Waals surface area contributed by atoms with Gasteiger partial charge < -0.3 is 9.94 Å². The molecule has 122 valence electrons. The molecule has 0 spiro atoms. The van der Waals surface area contributed by atoms with Gasteiger partial charge in [0.1, 0.15) is 5.75 Å². The van der Waals surface area contributed by atoms with Gasteiger partial charge in [-0.05, 0) is 50.8 Å². The third kappa shape index (κ3) is 3.85. The molecule has 1 fully saturated rings. The molecule has 3 rings (SSSR count). The molecule has 0 saturated heterocycles. The molecule has 4 nitrogen and oxygen atoms in total. The predicted molar refractivity (Wildman–Crippen MR) is 94.2 cm³/mol. The van der Waals surface area contributed by atoms with Crippen molar-refractivity contribution in [3.8, 4) is 16.3 Å². The van der Waals surface area contributed by atoms with Gasteiger partial charge in [-0.15, -0.1) is 11.3 Å². The summed E-state index contributed by atoms with van der Waals surface area (Å²) in [5.41, 5.74) is 2.44. The Morgan fingerprint density at radius 2 is 2.13 bits per heavy atom. The van der Waals surface area contributed by atoms with E-state index in [1.165, 1.54) is 36.8 Å². The maximum absolute atomic E-state index is 8.77. The predicted octanol–water partition coefficient (Wildman–Crippen LogP) is 5.29. The number of nitrogens with zero attached hydrogens (tertiary/aromatic N) is 2. The molecule has 2 aromatic heterocycles. The van der Waals surface area contributed by atoms with Crippen molar-refractivity contribution in [3.05, 3.63) is 33.8 Å². The molecule has 0 aliphatic heterocycles. The van der Waals surface area contributed by atoms with Crippen molar-refractivity contribution in [2.75, 3.05) is 0 Å². The van der Waals surface area contributed by atoms with E-state index in [1.54, 1.807) is 6.07 Å². The molecule has 6 heteroatoms. The lowest BCUT2D eigenvalue weighted by Crippen LogP contribution is -2.20. The van der Waals surface area contributed by atoms with Crippen LogP contribution in [0.3, 0.4) is 0 Å². The molecule has 1 N–H and O–H groups in total. The number of pyridine rings is 1. The van der Waals surface area contributed by atoms with Crippen molar-refractivity contribution in [1.29, 1.82) is 0 Å². The molecule has 0 atom stereocenters. The van der Waals surface area contributed by atoms with Gasteiger partial charge in [0.25, 0.3) is 0 Å². The Balaban J connectivity index is 1.84. The molecule has 23 heavy (non-hydrogen) atoms. The lowest BCUT2D eigenvalue weighted by Gasteiger charge is -2.23. The van der Waals surface area contributed by atoms with Gasteiger partial charge in [0.05, 0.1) is 32.9 Å². The monoisotopic (exact) mass is 350 g/mol. The molecule has 2 heterocycles. The van der Waals surface area contributed by atoms with E-state index in [0.29, 0.717) is 10.4 Å². The molecular weight excluding hydrogens is 332 g/mol. The van der Waals surface area contributed by atoms with Gasteiger partial charge >= 0.3 is 0 Å². The highest BCUT2D eigenvalue weighted by molar-refractivity contribution is 7.19. The molecule has 0 amide bonds. The first kappa shape index (κ1) is 16.3. The summed E-state index contributed by atoms with van der Waals surface area (Å²) >= 11 is 7.49. The average molecular weight is 351 g/mol. The number of oxime groups is 1. The number of ether oxygens (including phenoxy) is 1. The van der Waals surface area contributed by atoms with Crippen LogP contribution in [-0.2, 0) is 0 Å². The Hall–Kier alpha value is -1.59. The van der Waals surface area contributed by atoms with E-state index in [1.807, 2.05) is 19.1 Å². The lowest BCUT2D eigenvalue weighted by atomic mass is 9.98. The molecule has 2 aromatic rings. The van der Waals surface area contributed by atoms with E-state index in [9.17, 15) is 0 Å². The second kappa shape index (κ2) is 7.32. The van der Waals surface area contributed by atoms with Crippen molar-refractivity contribution < 1.29 is 9.94 Å². The highest BCUT2D eigenvalue weighted by Gasteiger charge is 2.17. The Morgan fingerprint density at radius 3 is 2.83 bits per heavy atom. The number of rotatable bonds is 4. The zero-order chi connectivity index (χ0) is 16.2. The third-order valence-corrected chi connectivity index (χ3v) is 5.35. The van der Waals surface area contributed by atoms with E-state index in [-0.39, 0.29) is 0 Å². The second-order valence-corrected chi connectivity index (χ2v) is 7.42. The van der Waals surface area contributed by atoms with Crippen molar-refractivity contribution in [2.24, 2.45) is 5.16 Å². The normalized spacial score (nSPS) is 16.1. The van der Waals surface area contributed by atoms with Crippen LogP contribution >= 0.6 is 22.9 Å². The van der Waals surface area contributed by atoms with Crippen molar-refractivity contribution in [2.45, 2.75) is 45.1 Å². The van der Waals surface area contributed by atoms with E-state index in [0.717, 1.165) is 40.4 Å². The topological polar surface area (TPSA) is 54.7 Å². The van der Waals surface area contributed by atoms with Crippen molar-refractivity contribution in [3.63, 3.8) is 0 Å². The number of hydrogen-bond acceptors (Lipinski definition) is 5. The van der Waals surface area contributed by atoms with Crippen molar-refractivity contribution in [1.82, 2.24) is 4.98 Å². The van der Waals surface area contributed by atoms with Gasteiger partial charge in [0.15, 0.2) is 0 Å². The zero-order valence-corrected chi connectivity index (χ0v) is 14.5. The van der Waals surface area contributed by atoms with Gasteiger partial charge in [0, 0.05) is 5.56 Å². The number of halogens is 1. The first-order valence-corrected chi connectivity index (χ1v) is 8.98. The number of hydrogen-bond donors (Lipinski definition) is 1. The standard InChI is InChI=1S/C17H19ClN2O2S/c1-11-15(22-13-5-3-2-4-6-13)8-7-14(20-11)17-12(10-19-21)9-16(18)23-17/h7-10,13,21H,2-6H2,1H3/b19-10+. The molecule has 1 saturated carbocycles. The van der Waals surface area contributed by atoms with Crippen LogP contribution in [0.25, 0.3) is 10.6 Å². The molecule has 1 aliphatic rings. The maximum atomic E-state index is 8.77. The van der Waals surface area contributed by atoms with Gasteiger partial charge in [-0.25, -0.2) is 4.98 Å². The smallest absolute Gasteiger partial charge is 0.140 e. The first-order chi connectivity index (χ1) is 11.2. The quantitative estimate of drug-likeness (QED) is 0.463. The van der Waals surface area contributed by atoms with Gasteiger partial charge in [-0.3, -0.25) is 0 Å². The van der Waals surface area contributed by atoms with Crippen LogP contribution in [0.15, 0.2) is 23.4 Å². The fourth-order valence-corrected chi connectivity index (χ4v) is 4.07. The Labute approximate surface area is 144 Å². The van der Waals surface area contributed by atoms with Crippen LogP contribution in [-0.4, -0.2) is 22.5 Å². The number of aromatic nitrogens is 1. The number of aryl methyl sites for hydroxylation is 1. The summed E-state index contributed by atoms with van der Waals surface area (Å²) < 4.78 is 6.74. The van der Waals surface area contributed by atoms with Gasteiger partial charge in [0.2, 0.25) is 0 Å². The van der Waals surface area contributed by atoms with E-state index in [2.05, 4.69) is 10.1 Å². The largest absolute Gasteiger partial charge is 0.489 e. The van der Waals surface area contributed by atoms with Gasteiger partial charge in [-0.2, -0.15) is 0 Å². The van der Waals surface area contributed by atoms with Crippen LogP contribution in [0.5, 0.6) is 5.75 Å². The average Bonchev–Trinajstić information content (AvgIpc) is 2.91. The minimum Gasteiger partial charge on any atom is -0.489 e. The van der Waals surface area contributed by atoms with Gasteiger partial charge in [-0.1, -0.05) is 23.2 Å². The summed E-state index contributed by atoms with van der Waals surface area (Å²) in [6.07, 6.45) is 7.73. The fraction of sp³-hybridized carbons (Fsp3) is 0.412. The number of thiophene rings is 1. The minimum atomic E-state index is 0.309. The maximum Gasteiger partial charge on any atom is 0.140 e. The first-order valence-electron chi connectivity index (χ1n) is 7.79. The van der Waals surface area contributed by atoms with Crippen LogP contribution in [0.4, 0.5) is 0 Å². The Bertz CT molecular complexity index is 709. The van der Waals surface area contributed by atoms with Crippen LogP contribution in [0.1, 0.15) is 43.4 Å². The van der Waals surface area contributed by atoms with E-state index < -0.39 is 0 Å². The second-order valence-electron chi connectivity index (χ2n) is 5.74. The summed E-state index contributed by atoms with van der Waals surface area (Å²) in [6, 6.07) is 5.67. The minimum absolute atomic E-state index is 0.309. The summed E-state index contributed by atoms with van der Waals surface area (Å²) in [6.45, 7) is 1.96. The summed E-state index contributed by atoms with van der Waals surface area (Å²) in [5.74, 6) is 0.848. The van der Waals surface area contributed by atoms with Crippen LogP contribution in [0.2, 0.25) is 4.34 Å². The highest BCUT2D eigenvalue weighted by Crippen LogP contribution is 2.35. The Morgan fingerprint density at radius 1 is 1.35 bits per heavy atom. The summed E-state index contributed by atoms with van der Waals surface area (Å²) in [7, 11) is 0. The van der Waals surface area contributed by atoms with Crippen LogP contribution in [0, 0.1) is 6.92 Å². The molecule has 0 radical (unpaired) electrons. The third-order valence-electron chi connectivity index (χ3n) is 4.04. The molecule has 0 unspecified atom stereocenters. The summed E-state index contributed by atoms with van der Waals surface area (Å²) in [4.78, 5) is 5.54. The molecule has 1 aliphatic carbocycles.